The summed E-state index contributed by atoms with van der Waals surface area (Å²) >= 11 is 1.28. The Labute approximate surface area is 186 Å². The van der Waals surface area contributed by atoms with Crippen molar-refractivity contribution in [2.45, 2.75) is 26.6 Å². The SMILES string of the molecule is Cc1sc(NC(=O)CN2C(=O)C(C)Oc3ccccc32)nc1-c1ccc(OC(F)F)cc1. The summed E-state index contributed by atoms with van der Waals surface area (Å²) in [6.45, 7) is 0.404. The molecule has 0 spiro atoms. The fraction of sp³-hybridized carbons (Fsp3) is 0.227. The van der Waals surface area contributed by atoms with E-state index in [9.17, 15) is 18.4 Å². The zero-order chi connectivity index (χ0) is 22.8. The number of thiazole rings is 1. The zero-order valence-corrected chi connectivity index (χ0v) is 18.0. The number of carbonyl (C=O) groups excluding carboxylic acids is 2. The molecule has 1 aromatic heterocycles. The van der Waals surface area contributed by atoms with E-state index < -0.39 is 18.6 Å². The molecule has 1 unspecified atom stereocenters. The van der Waals surface area contributed by atoms with Gasteiger partial charge in [0.1, 0.15) is 18.0 Å². The lowest BCUT2D eigenvalue weighted by atomic mass is 10.1. The van der Waals surface area contributed by atoms with Gasteiger partial charge < -0.3 is 14.8 Å². The van der Waals surface area contributed by atoms with Crippen LogP contribution in [0.15, 0.2) is 48.5 Å². The highest BCUT2D eigenvalue weighted by atomic mass is 32.1. The summed E-state index contributed by atoms with van der Waals surface area (Å²) in [7, 11) is 0. The summed E-state index contributed by atoms with van der Waals surface area (Å²) < 4.78 is 34.6. The second-order valence-electron chi connectivity index (χ2n) is 7.03. The zero-order valence-electron chi connectivity index (χ0n) is 17.2. The Balaban J connectivity index is 1.47. The third-order valence-electron chi connectivity index (χ3n) is 4.77. The lowest BCUT2D eigenvalue weighted by Gasteiger charge is -2.32. The average molecular weight is 459 g/mol. The van der Waals surface area contributed by atoms with E-state index in [2.05, 4.69) is 15.0 Å². The van der Waals surface area contributed by atoms with E-state index in [1.807, 2.05) is 6.92 Å². The Morgan fingerprint density at radius 2 is 1.97 bits per heavy atom. The maximum atomic E-state index is 12.7. The fourth-order valence-electron chi connectivity index (χ4n) is 3.34. The molecule has 0 saturated heterocycles. The molecule has 0 radical (unpaired) electrons. The van der Waals surface area contributed by atoms with Crippen molar-refractivity contribution in [1.82, 2.24) is 4.98 Å². The number of alkyl halides is 2. The van der Waals surface area contributed by atoms with Crippen molar-refractivity contribution in [3.63, 3.8) is 0 Å². The van der Waals surface area contributed by atoms with Crippen LogP contribution >= 0.6 is 11.3 Å². The maximum absolute atomic E-state index is 12.7. The smallest absolute Gasteiger partial charge is 0.387 e. The molecule has 1 atom stereocenters. The van der Waals surface area contributed by atoms with E-state index in [0.717, 1.165) is 4.88 Å². The van der Waals surface area contributed by atoms with Crippen LogP contribution in [-0.4, -0.2) is 36.1 Å². The van der Waals surface area contributed by atoms with Crippen molar-refractivity contribution in [3.8, 4) is 22.8 Å². The Bertz CT molecular complexity index is 1150. The number of rotatable bonds is 6. The van der Waals surface area contributed by atoms with Crippen LogP contribution in [0.4, 0.5) is 19.6 Å². The number of benzene rings is 2. The number of ether oxygens (including phenoxy) is 2. The number of para-hydroxylation sites is 2. The number of hydrogen-bond acceptors (Lipinski definition) is 6. The van der Waals surface area contributed by atoms with Gasteiger partial charge in [0.25, 0.3) is 5.91 Å². The van der Waals surface area contributed by atoms with E-state index in [0.29, 0.717) is 27.8 Å². The first kappa shape index (κ1) is 21.7. The van der Waals surface area contributed by atoms with Gasteiger partial charge in [-0.3, -0.25) is 14.5 Å². The molecule has 2 amide bonds. The minimum atomic E-state index is -2.89. The molecule has 1 N–H and O–H groups in total. The molecule has 0 bridgehead atoms. The van der Waals surface area contributed by atoms with Gasteiger partial charge in [0.15, 0.2) is 11.2 Å². The fourth-order valence-corrected chi connectivity index (χ4v) is 4.19. The molecule has 1 aliphatic rings. The van der Waals surface area contributed by atoms with Gasteiger partial charge >= 0.3 is 6.61 Å². The van der Waals surface area contributed by atoms with Crippen LogP contribution < -0.4 is 19.7 Å². The highest BCUT2D eigenvalue weighted by Crippen LogP contribution is 2.34. The van der Waals surface area contributed by atoms with Crippen molar-refractivity contribution in [1.29, 1.82) is 0 Å². The number of anilines is 2. The van der Waals surface area contributed by atoms with Crippen molar-refractivity contribution in [2.75, 3.05) is 16.8 Å². The highest BCUT2D eigenvalue weighted by molar-refractivity contribution is 7.16. The number of nitrogens with zero attached hydrogens (tertiary/aromatic N) is 2. The minimum absolute atomic E-state index is 0.0508. The molecule has 0 fully saturated rings. The molecule has 2 heterocycles. The first-order chi connectivity index (χ1) is 15.3. The summed E-state index contributed by atoms with van der Waals surface area (Å²) in [4.78, 5) is 31.9. The van der Waals surface area contributed by atoms with Crippen molar-refractivity contribution in [2.24, 2.45) is 0 Å². The van der Waals surface area contributed by atoms with Gasteiger partial charge in [-0.25, -0.2) is 4.98 Å². The largest absolute Gasteiger partial charge is 0.479 e. The number of fused-ring (bicyclic) bond motifs is 1. The van der Waals surface area contributed by atoms with E-state index in [4.69, 9.17) is 4.74 Å². The summed E-state index contributed by atoms with van der Waals surface area (Å²) in [6, 6.07) is 13.1. The molecule has 1 aliphatic heterocycles. The van der Waals surface area contributed by atoms with Gasteiger partial charge in [0, 0.05) is 10.4 Å². The number of nitrogens with one attached hydrogen (secondary N) is 1. The molecule has 4 rings (SSSR count). The number of carbonyl (C=O) groups is 2. The topological polar surface area (TPSA) is 80.8 Å². The van der Waals surface area contributed by atoms with Crippen LogP contribution in [0.3, 0.4) is 0 Å². The molecule has 166 valence electrons. The highest BCUT2D eigenvalue weighted by Gasteiger charge is 2.32. The van der Waals surface area contributed by atoms with Gasteiger partial charge in [-0.2, -0.15) is 8.78 Å². The number of halogens is 2. The first-order valence-corrected chi connectivity index (χ1v) is 10.5. The number of aromatic nitrogens is 1. The van der Waals surface area contributed by atoms with Gasteiger partial charge in [-0.15, -0.1) is 11.3 Å². The van der Waals surface area contributed by atoms with Crippen LogP contribution in [0.25, 0.3) is 11.3 Å². The molecule has 7 nitrogen and oxygen atoms in total. The maximum Gasteiger partial charge on any atom is 0.387 e. The van der Waals surface area contributed by atoms with E-state index in [1.54, 1.807) is 43.3 Å². The standard InChI is InChI=1S/C22H19F2N3O4S/c1-12-20(29)27(16-5-3-4-6-17(16)30-12)11-18(28)25-22-26-19(13(2)32-22)14-7-9-15(10-8-14)31-21(23)24/h3-10,12,21H,11H2,1-2H3,(H,25,26,28). The summed E-state index contributed by atoms with van der Waals surface area (Å²) in [5, 5.41) is 3.11. The predicted octanol–water partition coefficient (Wildman–Crippen LogP) is 4.47. The number of amides is 2. The molecule has 0 saturated carbocycles. The second kappa shape index (κ2) is 8.91. The summed E-state index contributed by atoms with van der Waals surface area (Å²) in [5.41, 5.74) is 1.86. The van der Waals surface area contributed by atoms with Gasteiger partial charge in [0.2, 0.25) is 5.91 Å². The average Bonchev–Trinajstić information content (AvgIpc) is 3.11. The van der Waals surface area contributed by atoms with Crippen molar-refractivity contribution in [3.05, 3.63) is 53.4 Å². The van der Waals surface area contributed by atoms with Gasteiger partial charge in [-0.1, -0.05) is 12.1 Å². The second-order valence-corrected chi connectivity index (χ2v) is 8.23. The molecule has 10 heteroatoms. The molecular formula is C22H19F2N3O4S. The van der Waals surface area contributed by atoms with E-state index >= 15 is 0 Å². The van der Waals surface area contributed by atoms with Crippen molar-refractivity contribution < 1.29 is 27.8 Å². The summed E-state index contributed by atoms with van der Waals surface area (Å²) in [5.74, 6) is -0.113. The van der Waals surface area contributed by atoms with Gasteiger partial charge in [0.05, 0.1) is 11.4 Å². The van der Waals surface area contributed by atoms with Crippen molar-refractivity contribution >= 4 is 34.0 Å². The Kier molecular flexibility index (Phi) is 6.04. The minimum Gasteiger partial charge on any atom is -0.479 e. The Hall–Kier alpha value is -3.53. The molecule has 32 heavy (non-hydrogen) atoms. The molecule has 2 aromatic carbocycles. The number of hydrogen-bond donors (Lipinski definition) is 1. The van der Waals surface area contributed by atoms with Crippen LogP contribution in [0.1, 0.15) is 11.8 Å². The third-order valence-corrected chi connectivity index (χ3v) is 5.66. The molecule has 0 aliphatic carbocycles. The Morgan fingerprint density at radius 1 is 1.25 bits per heavy atom. The summed E-state index contributed by atoms with van der Waals surface area (Å²) in [6.07, 6.45) is -0.691. The Morgan fingerprint density at radius 3 is 2.69 bits per heavy atom. The lowest BCUT2D eigenvalue weighted by molar-refractivity contribution is -0.127. The number of aryl methyl sites for hydroxylation is 1. The van der Waals surface area contributed by atoms with Crippen LogP contribution in [0.2, 0.25) is 0 Å². The molecular weight excluding hydrogens is 440 g/mol. The normalized spacial score (nSPS) is 15.3. The first-order valence-electron chi connectivity index (χ1n) is 9.71. The van der Waals surface area contributed by atoms with Crippen LogP contribution in [0, 0.1) is 6.92 Å². The monoisotopic (exact) mass is 459 g/mol. The van der Waals surface area contributed by atoms with Crippen LogP contribution in [0.5, 0.6) is 11.5 Å². The van der Waals surface area contributed by atoms with Crippen LogP contribution in [-0.2, 0) is 9.59 Å². The van der Waals surface area contributed by atoms with Gasteiger partial charge in [-0.05, 0) is 50.2 Å². The quantitative estimate of drug-likeness (QED) is 0.588. The predicted molar refractivity (Wildman–Crippen MR) is 116 cm³/mol. The third kappa shape index (κ3) is 4.54. The van der Waals surface area contributed by atoms with E-state index in [-0.39, 0.29) is 18.2 Å². The molecule has 3 aromatic rings. The van der Waals surface area contributed by atoms with E-state index in [1.165, 1.54) is 28.4 Å². The lowest BCUT2D eigenvalue weighted by Crippen LogP contribution is -2.47.